The van der Waals surface area contributed by atoms with Crippen molar-refractivity contribution in [2.24, 2.45) is 0 Å². The van der Waals surface area contributed by atoms with Crippen molar-refractivity contribution in [3.05, 3.63) is 60.0 Å². The molecule has 2 aliphatic heterocycles. The van der Waals surface area contributed by atoms with Crippen LogP contribution in [0.2, 0.25) is 0 Å². The van der Waals surface area contributed by atoms with Gasteiger partial charge in [-0.1, -0.05) is 0 Å². The smallest absolute Gasteiger partial charge is 0.253 e. The molecule has 38 heavy (non-hydrogen) atoms. The normalized spacial score (nSPS) is 19.7. The fourth-order valence-electron chi connectivity index (χ4n) is 5.53. The summed E-state index contributed by atoms with van der Waals surface area (Å²) in [7, 11) is 1.73. The van der Waals surface area contributed by atoms with E-state index in [1.807, 2.05) is 30.2 Å². The second-order valence-electron chi connectivity index (χ2n) is 10.4. The molecule has 1 atom stereocenters. The number of pyridine rings is 2. The number of aromatic nitrogens is 2. The first-order chi connectivity index (χ1) is 18.3. The third-order valence-electron chi connectivity index (χ3n) is 7.39. The summed E-state index contributed by atoms with van der Waals surface area (Å²) < 4.78 is 5.77. The number of aryl methyl sites for hydroxylation is 1. The first-order valence-corrected chi connectivity index (χ1v) is 13.3. The van der Waals surface area contributed by atoms with E-state index in [4.69, 9.17) is 4.74 Å². The molecule has 200 valence electrons. The van der Waals surface area contributed by atoms with Crippen molar-refractivity contribution >= 4 is 28.4 Å². The van der Waals surface area contributed by atoms with Gasteiger partial charge >= 0.3 is 0 Å². The molecule has 1 aromatic carbocycles. The number of anilines is 1. The van der Waals surface area contributed by atoms with Gasteiger partial charge in [-0.05, 0) is 62.6 Å². The van der Waals surface area contributed by atoms with Crippen LogP contribution in [0, 0.1) is 6.92 Å². The van der Waals surface area contributed by atoms with E-state index in [1.165, 1.54) is 0 Å². The second-order valence-corrected chi connectivity index (χ2v) is 10.4. The lowest BCUT2D eigenvalue weighted by Crippen LogP contribution is -2.54. The largest absolute Gasteiger partial charge is 0.492 e. The van der Waals surface area contributed by atoms with Crippen LogP contribution in [0.15, 0.2) is 48.8 Å². The van der Waals surface area contributed by atoms with Gasteiger partial charge in [0.15, 0.2) is 0 Å². The molecule has 9 heteroatoms. The lowest BCUT2D eigenvalue weighted by molar-refractivity contribution is -0.128. The molecule has 2 aliphatic rings. The molecule has 9 nitrogen and oxygen atoms in total. The summed E-state index contributed by atoms with van der Waals surface area (Å²) in [5, 5.41) is 12.5. The Morgan fingerprint density at radius 2 is 2.00 bits per heavy atom. The first kappa shape index (κ1) is 25.9. The predicted octanol–water partition coefficient (Wildman–Crippen LogP) is 3.04. The summed E-state index contributed by atoms with van der Waals surface area (Å²) in [6.07, 6.45) is 6.52. The minimum Gasteiger partial charge on any atom is -0.492 e. The van der Waals surface area contributed by atoms with Gasteiger partial charge in [0.1, 0.15) is 12.4 Å². The maximum absolute atomic E-state index is 13.2. The van der Waals surface area contributed by atoms with E-state index in [-0.39, 0.29) is 18.4 Å². The van der Waals surface area contributed by atoms with Crippen molar-refractivity contribution in [1.29, 1.82) is 0 Å². The molecule has 4 heterocycles. The van der Waals surface area contributed by atoms with E-state index in [1.54, 1.807) is 42.4 Å². The van der Waals surface area contributed by atoms with E-state index in [9.17, 15) is 14.7 Å². The average molecular weight is 518 g/mol. The molecule has 0 aliphatic carbocycles. The summed E-state index contributed by atoms with van der Waals surface area (Å²) in [5.41, 5.74) is 2.31. The van der Waals surface area contributed by atoms with Crippen molar-refractivity contribution < 1.29 is 19.4 Å². The number of nitrogens with zero attached hydrogens (tertiary/aromatic N) is 5. The van der Waals surface area contributed by atoms with Gasteiger partial charge < -0.3 is 24.5 Å². The SMILES string of the molecule is Cc1cc(N2CCC[C@](O)(CN(C)C(=O)c3ccc(OCCN4CCCC4=O)cc3)C2)c2cnccc2n1. The van der Waals surface area contributed by atoms with Crippen LogP contribution in [-0.2, 0) is 4.79 Å². The maximum atomic E-state index is 13.2. The number of rotatable bonds is 8. The molecule has 2 aromatic heterocycles. The molecule has 0 radical (unpaired) electrons. The number of β-amino-alcohol motifs (C(OH)–C–C–N with tert-alkyl or cyclic N) is 1. The number of likely N-dealkylation sites (N-methyl/N-ethyl adjacent to an activating group) is 1. The summed E-state index contributed by atoms with van der Waals surface area (Å²) >= 11 is 0. The van der Waals surface area contributed by atoms with E-state index >= 15 is 0 Å². The van der Waals surface area contributed by atoms with Gasteiger partial charge in [0.2, 0.25) is 5.91 Å². The van der Waals surface area contributed by atoms with E-state index in [0.717, 1.165) is 48.2 Å². The zero-order valence-corrected chi connectivity index (χ0v) is 22.1. The molecule has 5 rings (SSSR count). The molecule has 1 N–H and O–H groups in total. The predicted molar refractivity (Wildman–Crippen MR) is 145 cm³/mol. The highest BCUT2D eigenvalue weighted by atomic mass is 16.5. The Morgan fingerprint density at radius 3 is 2.76 bits per heavy atom. The van der Waals surface area contributed by atoms with Crippen molar-refractivity contribution in [2.75, 3.05) is 51.3 Å². The van der Waals surface area contributed by atoms with Gasteiger partial charge in [-0.15, -0.1) is 0 Å². The number of hydrogen-bond acceptors (Lipinski definition) is 7. The molecule has 0 bridgehead atoms. The van der Waals surface area contributed by atoms with Crippen molar-refractivity contribution in [3.8, 4) is 5.75 Å². The Kier molecular flexibility index (Phi) is 7.46. The third kappa shape index (κ3) is 5.72. The van der Waals surface area contributed by atoms with Crippen LogP contribution < -0.4 is 9.64 Å². The standard InChI is InChI=1S/C29H35N5O4/c1-21-17-26(24-18-30-12-10-25(24)31-21)34-14-4-11-29(37,20-34)19-32(2)28(36)22-6-8-23(9-7-22)38-16-15-33-13-3-5-27(33)35/h6-10,12,17-18,37H,3-5,11,13-16,19-20H2,1-2H3/t29-/m0/s1. The van der Waals surface area contributed by atoms with Gasteiger partial charge in [0, 0.05) is 67.8 Å². The summed E-state index contributed by atoms with van der Waals surface area (Å²) in [6, 6.07) is 11.0. The monoisotopic (exact) mass is 517 g/mol. The highest BCUT2D eigenvalue weighted by Gasteiger charge is 2.36. The minimum atomic E-state index is -1.04. The third-order valence-corrected chi connectivity index (χ3v) is 7.39. The van der Waals surface area contributed by atoms with E-state index < -0.39 is 5.60 Å². The van der Waals surface area contributed by atoms with Crippen LogP contribution in [0.3, 0.4) is 0 Å². The highest BCUT2D eigenvalue weighted by molar-refractivity contribution is 5.94. The van der Waals surface area contributed by atoms with Gasteiger partial charge in [0.25, 0.3) is 5.91 Å². The average Bonchev–Trinajstić information content (AvgIpc) is 3.32. The maximum Gasteiger partial charge on any atom is 0.253 e. The fourth-order valence-corrected chi connectivity index (χ4v) is 5.53. The van der Waals surface area contributed by atoms with Crippen LogP contribution in [0.5, 0.6) is 5.75 Å². The summed E-state index contributed by atoms with van der Waals surface area (Å²) in [5.74, 6) is 0.688. The zero-order valence-electron chi connectivity index (χ0n) is 22.1. The van der Waals surface area contributed by atoms with Crippen LogP contribution in [0.4, 0.5) is 5.69 Å². The van der Waals surface area contributed by atoms with Crippen molar-refractivity contribution in [1.82, 2.24) is 19.8 Å². The Balaban J connectivity index is 1.20. The first-order valence-electron chi connectivity index (χ1n) is 13.3. The van der Waals surface area contributed by atoms with Gasteiger partial charge in [0.05, 0.1) is 24.2 Å². The fraction of sp³-hybridized carbons (Fsp3) is 0.448. The number of carbonyl (C=O) groups is 2. The number of amides is 2. The number of carbonyl (C=O) groups excluding carboxylic acids is 2. The lowest BCUT2D eigenvalue weighted by Gasteiger charge is -2.42. The lowest BCUT2D eigenvalue weighted by atomic mass is 9.91. The number of hydrogen-bond donors (Lipinski definition) is 1. The van der Waals surface area contributed by atoms with Crippen LogP contribution >= 0.6 is 0 Å². The highest BCUT2D eigenvalue weighted by Crippen LogP contribution is 2.32. The zero-order chi connectivity index (χ0) is 26.7. The van der Waals surface area contributed by atoms with Crippen molar-refractivity contribution in [3.63, 3.8) is 0 Å². The van der Waals surface area contributed by atoms with Crippen LogP contribution in [0.1, 0.15) is 41.7 Å². The van der Waals surface area contributed by atoms with Crippen LogP contribution in [0.25, 0.3) is 10.9 Å². The van der Waals surface area contributed by atoms with E-state index in [2.05, 4.69) is 14.9 Å². The molecule has 0 saturated carbocycles. The number of benzene rings is 1. The van der Waals surface area contributed by atoms with Gasteiger partial charge in [-0.3, -0.25) is 19.6 Å². The quantitative estimate of drug-likeness (QED) is 0.490. The minimum absolute atomic E-state index is 0.154. The molecule has 2 fully saturated rings. The molecule has 2 amide bonds. The Morgan fingerprint density at radius 1 is 1.18 bits per heavy atom. The number of likely N-dealkylation sites (tertiary alicyclic amines) is 1. The second kappa shape index (κ2) is 10.9. The van der Waals surface area contributed by atoms with E-state index in [0.29, 0.717) is 43.9 Å². The Hall–Kier alpha value is -3.72. The number of fused-ring (bicyclic) bond motifs is 1. The van der Waals surface area contributed by atoms with Gasteiger partial charge in [-0.2, -0.15) is 0 Å². The number of piperidine rings is 1. The van der Waals surface area contributed by atoms with Crippen LogP contribution in [-0.4, -0.2) is 88.7 Å². The Labute approximate surface area is 223 Å². The number of aliphatic hydroxyl groups is 1. The summed E-state index contributed by atoms with van der Waals surface area (Å²) in [6.45, 7) is 5.22. The molecule has 0 unspecified atom stereocenters. The molecular weight excluding hydrogens is 482 g/mol. The number of ether oxygens (including phenoxy) is 1. The molecular formula is C29H35N5O4. The molecule has 2 saturated heterocycles. The molecule has 3 aromatic rings. The summed E-state index contributed by atoms with van der Waals surface area (Å²) in [4.78, 5) is 39.4. The Bertz CT molecular complexity index is 1310. The molecule has 0 spiro atoms. The topological polar surface area (TPSA) is 99.1 Å². The van der Waals surface area contributed by atoms with Gasteiger partial charge in [-0.25, -0.2) is 0 Å². The van der Waals surface area contributed by atoms with Crippen molar-refractivity contribution in [2.45, 2.75) is 38.2 Å².